The molecule has 0 atom stereocenters. The Morgan fingerprint density at radius 1 is 1.19 bits per heavy atom. The monoisotopic (exact) mass is 372 g/mol. The number of aromatic hydroxyl groups is 1. The summed E-state index contributed by atoms with van der Waals surface area (Å²) in [6.07, 6.45) is 5.93. The summed E-state index contributed by atoms with van der Waals surface area (Å²) < 4.78 is 16.8. The van der Waals surface area contributed by atoms with E-state index < -0.39 is 5.63 Å². The molecule has 0 saturated carbocycles. The lowest BCUT2D eigenvalue weighted by Gasteiger charge is -2.15. The van der Waals surface area contributed by atoms with Crippen LogP contribution in [-0.4, -0.2) is 17.8 Å². The molecule has 0 unspecified atom stereocenters. The molecule has 5 heteroatoms. The minimum atomic E-state index is -0.626. The number of hydrogen-bond acceptors (Lipinski definition) is 5. The number of rotatable bonds is 8. The van der Waals surface area contributed by atoms with E-state index >= 15 is 0 Å². The molecule has 2 aromatic rings. The Morgan fingerprint density at radius 2 is 1.93 bits per heavy atom. The van der Waals surface area contributed by atoms with Crippen molar-refractivity contribution in [3.63, 3.8) is 0 Å². The largest absolute Gasteiger partial charge is 0.508 e. The molecule has 5 nitrogen and oxygen atoms in total. The highest BCUT2D eigenvalue weighted by Crippen LogP contribution is 2.35. The van der Waals surface area contributed by atoms with Gasteiger partial charge >= 0.3 is 5.63 Å². The van der Waals surface area contributed by atoms with E-state index in [-0.39, 0.29) is 29.8 Å². The van der Waals surface area contributed by atoms with E-state index in [9.17, 15) is 9.90 Å². The average Bonchev–Trinajstić information content (AvgIpc) is 2.56. The SMILES string of the molecule is CC(C)=CCC/C(C)=C/COc1c(OC(C)C)c2ccc(O)cc2oc1=O. The number of allylic oxidation sites excluding steroid dienone is 3. The van der Waals surface area contributed by atoms with Gasteiger partial charge in [-0.05, 0) is 65.7 Å². The van der Waals surface area contributed by atoms with Gasteiger partial charge in [0.15, 0.2) is 5.75 Å². The lowest BCUT2D eigenvalue weighted by molar-refractivity contribution is 0.224. The van der Waals surface area contributed by atoms with Gasteiger partial charge in [-0.2, -0.15) is 0 Å². The van der Waals surface area contributed by atoms with E-state index in [1.807, 2.05) is 26.8 Å². The smallest absolute Gasteiger partial charge is 0.383 e. The van der Waals surface area contributed by atoms with Crippen LogP contribution in [0.5, 0.6) is 17.2 Å². The van der Waals surface area contributed by atoms with Gasteiger partial charge in [0.1, 0.15) is 17.9 Å². The molecule has 0 fully saturated rings. The molecular weight excluding hydrogens is 344 g/mol. The molecule has 0 spiro atoms. The second-order valence-electron chi connectivity index (χ2n) is 7.08. The first-order chi connectivity index (χ1) is 12.8. The standard InChI is InChI=1S/C22H28O5/c1-14(2)7-6-8-16(5)11-12-25-21-20(26-15(3)4)18-10-9-17(23)13-19(18)27-22(21)24/h7,9-11,13,15,23H,6,8,12H2,1-5H3/b16-11+. The molecule has 0 radical (unpaired) electrons. The van der Waals surface area contributed by atoms with Crippen LogP contribution in [0.25, 0.3) is 11.0 Å². The molecule has 0 aliphatic rings. The molecule has 27 heavy (non-hydrogen) atoms. The molecule has 1 aromatic heterocycles. The molecule has 1 N–H and O–H groups in total. The van der Waals surface area contributed by atoms with Crippen molar-refractivity contribution in [2.24, 2.45) is 0 Å². The van der Waals surface area contributed by atoms with Crippen molar-refractivity contribution in [2.75, 3.05) is 6.61 Å². The number of benzene rings is 1. The van der Waals surface area contributed by atoms with Gasteiger partial charge in [0.2, 0.25) is 5.75 Å². The molecule has 0 aliphatic carbocycles. The van der Waals surface area contributed by atoms with E-state index in [1.165, 1.54) is 23.3 Å². The maximum atomic E-state index is 12.4. The molecule has 146 valence electrons. The minimum Gasteiger partial charge on any atom is -0.508 e. The second kappa shape index (κ2) is 9.31. The summed E-state index contributed by atoms with van der Waals surface area (Å²) in [5.74, 6) is 0.409. The van der Waals surface area contributed by atoms with Crippen molar-refractivity contribution in [2.45, 2.75) is 53.6 Å². The summed E-state index contributed by atoms with van der Waals surface area (Å²) in [6.45, 7) is 10.2. The zero-order valence-corrected chi connectivity index (χ0v) is 16.7. The summed E-state index contributed by atoms with van der Waals surface area (Å²) in [5.41, 5.74) is 2.12. The summed E-state index contributed by atoms with van der Waals surface area (Å²) in [7, 11) is 0. The topological polar surface area (TPSA) is 68.9 Å². The third-order valence-electron chi connectivity index (χ3n) is 3.91. The summed E-state index contributed by atoms with van der Waals surface area (Å²) in [5, 5.41) is 10.2. The van der Waals surface area contributed by atoms with Gasteiger partial charge in [0, 0.05) is 6.07 Å². The van der Waals surface area contributed by atoms with E-state index in [0.717, 1.165) is 12.8 Å². The predicted molar refractivity (Wildman–Crippen MR) is 108 cm³/mol. The van der Waals surface area contributed by atoms with Crippen molar-refractivity contribution in [1.29, 1.82) is 0 Å². The van der Waals surface area contributed by atoms with Crippen LogP contribution in [0.4, 0.5) is 0 Å². The molecule has 1 heterocycles. The van der Waals surface area contributed by atoms with Crippen LogP contribution in [0, 0.1) is 0 Å². The van der Waals surface area contributed by atoms with Crippen LogP contribution in [0.2, 0.25) is 0 Å². The first-order valence-corrected chi connectivity index (χ1v) is 9.16. The molecule has 2 rings (SSSR count). The van der Waals surface area contributed by atoms with Crippen molar-refractivity contribution in [1.82, 2.24) is 0 Å². The third-order valence-corrected chi connectivity index (χ3v) is 3.91. The molecule has 0 amide bonds. The van der Waals surface area contributed by atoms with Crippen LogP contribution in [0.15, 0.2) is 50.7 Å². The second-order valence-corrected chi connectivity index (χ2v) is 7.08. The third kappa shape index (κ3) is 5.91. The van der Waals surface area contributed by atoms with E-state index in [1.54, 1.807) is 6.07 Å². The number of hydrogen-bond donors (Lipinski definition) is 1. The van der Waals surface area contributed by atoms with Crippen LogP contribution < -0.4 is 15.1 Å². The number of phenolic OH excluding ortho intramolecular Hbond substituents is 1. The molecule has 0 aliphatic heterocycles. The maximum absolute atomic E-state index is 12.4. The Morgan fingerprint density at radius 3 is 2.59 bits per heavy atom. The Kier molecular flexibility index (Phi) is 7.11. The van der Waals surface area contributed by atoms with Gasteiger partial charge in [0.05, 0.1) is 11.5 Å². The lowest BCUT2D eigenvalue weighted by atomic mass is 10.1. The normalized spacial score (nSPS) is 11.7. The number of fused-ring (bicyclic) bond motifs is 1. The van der Waals surface area contributed by atoms with Crippen LogP contribution in [-0.2, 0) is 0 Å². The fourth-order valence-corrected chi connectivity index (χ4v) is 2.58. The molecule has 0 saturated heterocycles. The van der Waals surface area contributed by atoms with Crippen molar-refractivity contribution in [3.05, 3.63) is 51.9 Å². The fraction of sp³-hybridized carbons (Fsp3) is 0.409. The average molecular weight is 372 g/mol. The van der Waals surface area contributed by atoms with E-state index in [0.29, 0.717) is 11.1 Å². The Hall–Kier alpha value is -2.69. The van der Waals surface area contributed by atoms with Crippen LogP contribution in [0.1, 0.15) is 47.5 Å². The highest BCUT2D eigenvalue weighted by molar-refractivity contribution is 5.86. The zero-order valence-electron chi connectivity index (χ0n) is 16.7. The van der Waals surface area contributed by atoms with Gasteiger partial charge in [-0.15, -0.1) is 0 Å². The van der Waals surface area contributed by atoms with Gasteiger partial charge < -0.3 is 19.0 Å². The molecule has 0 bridgehead atoms. The minimum absolute atomic E-state index is 0.0183. The Bertz CT molecular complexity index is 899. The highest BCUT2D eigenvalue weighted by Gasteiger charge is 2.19. The molecule has 1 aromatic carbocycles. The van der Waals surface area contributed by atoms with Gasteiger partial charge in [-0.3, -0.25) is 0 Å². The predicted octanol–water partition coefficient (Wildman–Crippen LogP) is 5.36. The Balaban J connectivity index is 2.26. The van der Waals surface area contributed by atoms with Crippen LogP contribution in [0.3, 0.4) is 0 Å². The quantitative estimate of drug-likeness (QED) is 0.499. The maximum Gasteiger partial charge on any atom is 0.383 e. The van der Waals surface area contributed by atoms with E-state index in [4.69, 9.17) is 13.9 Å². The number of phenols is 1. The zero-order chi connectivity index (χ0) is 20.0. The Labute approximate surface area is 159 Å². The van der Waals surface area contributed by atoms with Crippen LogP contribution >= 0.6 is 0 Å². The van der Waals surface area contributed by atoms with Gasteiger partial charge in [-0.1, -0.05) is 17.2 Å². The molecular formula is C22H28O5. The lowest BCUT2D eigenvalue weighted by Crippen LogP contribution is -2.14. The summed E-state index contributed by atoms with van der Waals surface area (Å²) in [4.78, 5) is 12.4. The van der Waals surface area contributed by atoms with Gasteiger partial charge in [0.25, 0.3) is 0 Å². The summed E-state index contributed by atoms with van der Waals surface area (Å²) >= 11 is 0. The first-order valence-electron chi connectivity index (χ1n) is 9.16. The summed E-state index contributed by atoms with van der Waals surface area (Å²) in [6, 6.07) is 4.56. The van der Waals surface area contributed by atoms with E-state index in [2.05, 4.69) is 19.9 Å². The fourth-order valence-electron chi connectivity index (χ4n) is 2.58. The van der Waals surface area contributed by atoms with Crippen molar-refractivity contribution in [3.8, 4) is 17.2 Å². The van der Waals surface area contributed by atoms with Gasteiger partial charge in [-0.25, -0.2) is 4.79 Å². The highest BCUT2D eigenvalue weighted by atomic mass is 16.5. The van der Waals surface area contributed by atoms with Crippen molar-refractivity contribution < 1.29 is 19.0 Å². The number of ether oxygens (including phenoxy) is 2. The van der Waals surface area contributed by atoms with Crippen molar-refractivity contribution >= 4 is 11.0 Å². The first kappa shape index (κ1) is 20.6.